The maximum absolute atomic E-state index is 16.2. The molecule has 2 fully saturated rings. The van der Waals surface area contributed by atoms with Crippen LogP contribution in [-0.2, 0) is 6.54 Å². The third kappa shape index (κ3) is 6.81. The number of nitrogen functional groups attached to an aromatic ring is 1. The molecule has 3 N–H and O–H groups in total. The highest BCUT2D eigenvalue weighted by molar-refractivity contribution is 6.02. The van der Waals surface area contributed by atoms with Gasteiger partial charge in [0.25, 0.3) is 0 Å². The Morgan fingerprint density at radius 3 is 2.35 bits per heavy atom. The van der Waals surface area contributed by atoms with Crippen molar-refractivity contribution >= 4 is 34.3 Å². The number of fused-ring (bicyclic) bond motifs is 1. The molecular formula is C36H38F3N9O. The van der Waals surface area contributed by atoms with Crippen molar-refractivity contribution in [3.8, 4) is 11.3 Å². The number of piperazine rings is 1. The lowest BCUT2D eigenvalue weighted by molar-refractivity contribution is 0.0815. The normalized spacial score (nSPS) is 18.9. The molecule has 3 heterocycles. The molecule has 0 atom stereocenters. The maximum atomic E-state index is 16.2. The van der Waals surface area contributed by atoms with Crippen molar-refractivity contribution in [2.75, 3.05) is 49.2 Å². The van der Waals surface area contributed by atoms with Crippen molar-refractivity contribution in [3.05, 3.63) is 96.1 Å². The van der Waals surface area contributed by atoms with Crippen molar-refractivity contribution in [2.45, 2.75) is 44.3 Å². The highest BCUT2D eigenvalue weighted by Gasteiger charge is 2.31. The van der Waals surface area contributed by atoms with Crippen LogP contribution in [0.25, 0.3) is 22.3 Å². The van der Waals surface area contributed by atoms with Gasteiger partial charge in [0.1, 0.15) is 35.3 Å². The SMILES string of the molecule is CN1CCN([C@H]2CC[C@@H](n3nc(-c4ccc(N(Cc5ccccc5)C(=O)Nc5ccc(F)cc5F)c(F)c4)c4c(N)ncnc43)CC2)CC1. The van der Waals surface area contributed by atoms with Crippen LogP contribution in [0.4, 0.5) is 35.2 Å². The minimum absolute atomic E-state index is 0.0130. The van der Waals surface area contributed by atoms with Gasteiger partial charge in [-0.25, -0.2) is 32.6 Å². The molecule has 0 spiro atoms. The first kappa shape index (κ1) is 32.5. The molecule has 1 aliphatic heterocycles. The van der Waals surface area contributed by atoms with Crippen LogP contribution >= 0.6 is 0 Å². The summed E-state index contributed by atoms with van der Waals surface area (Å²) in [6.45, 7) is 4.32. The van der Waals surface area contributed by atoms with Crippen LogP contribution in [-0.4, -0.2) is 74.8 Å². The van der Waals surface area contributed by atoms with Crippen LogP contribution in [0.2, 0.25) is 0 Å². The van der Waals surface area contributed by atoms with Gasteiger partial charge in [-0.15, -0.1) is 0 Å². The molecule has 0 unspecified atom stereocenters. The summed E-state index contributed by atoms with van der Waals surface area (Å²) in [6.07, 6.45) is 5.39. The second-order valence-electron chi connectivity index (χ2n) is 12.8. The number of likely N-dealkylation sites (N-methyl/N-ethyl adjacent to an activating group) is 1. The predicted octanol–water partition coefficient (Wildman–Crippen LogP) is 6.46. The summed E-state index contributed by atoms with van der Waals surface area (Å²) in [5.41, 5.74) is 8.33. The molecule has 13 heteroatoms. The first-order valence-electron chi connectivity index (χ1n) is 16.5. The van der Waals surface area contributed by atoms with E-state index in [2.05, 4.69) is 32.1 Å². The topological polar surface area (TPSA) is 108 Å². The van der Waals surface area contributed by atoms with Gasteiger partial charge in [0.05, 0.1) is 29.3 Å². The number of benzene rings is 3. The molecular weight excluding hydrogens is 631 g/mol. The van der Waals surface area contributed by atoms with Crippen molar-refractivity contribution in [3.63, 3.8) is 0 Å². The van der Waals surface area contributed by atoms with Gasteiger partial charge in [0, 0.05) is 43.9 Å². The molecule has 254 valence electrons. The third-order valence-corrected chi connectivity index (χ3v) is 9.70. The molecule has 10 nitrogen and oxygen atoms in total. The average Bonchev–Trinajstić information content (AvgIpc) is 3.50. The summed E-state index contributed by atoms with van der Waals surface area (Å²) in [7, 11) is 2.16. The highest BCUT2D eigenvalue weighted by Crippen LogP contribution is 2.38. The van der Waals surface area contributed by atoms with E-state index in [1.807, 2.05) is 10.7 Å². The number of hydrogen-bond donors (Lipinski definition) is 2. The monoisotopic (exact) mass is 669 g/mol. The Balaban J connectivity index is 1.18. The van der Waals surface area contributed by atoms with Gasteiger partial charge >= 0.3 is 6.03 Å². The molecule has 0 bridgehead atoms. The van der Waals surface area contributed by atoms with Gasteiger partial charge in [-0.05, 0) is 62.6 Å². The van der Waals surface area contributed by atoms with E-state index < -0.39 is 23.5 Å². The zero-order chi connectivity index (χ0) is 34.1. The average molecular weight is 670 g/mol. The van der Waals surface area contributed by atoms with Crippen LogP contribution in [0, 0.1) is 17.5 Å². The van der Waals surface area contributed by atoms with E-state index in [4.69, 9.17) is 10.8 Å². The molecule has 2 amide bonds. The molecule has 2 aromatic heterocycles. The van der Waals surface area contributed by atoms with Crippen LogP contribution in [0.1, 0.15) is 37.3 Å². The molecule has 7 rings (SSSR count). The summed E-state index contributed by atoms with van der Waals surface area (Å²) in [5.74, 6) is -2.18. The Morgan fingerprint density at radius 1 is 0.898 bits per heavy atom. The zero-order valence-corrected chi connectivity index (χ0v) is 27.2. The van der Waals surface area contributed by atoms with Gasteiger partial charge in [-0.2, -0.15) is 5.10 Å². The first-order chi connectivity index (χ1) is 23.7. The molecule has 0 radical (unpaired) electrons. The second-order valence-corrected chi connectivity index (χ2v) is 12.8. The molecule has 3 aromatic carbocycles. The number of aromatic nitrogens is 4. The fourth-order valence-electron chi connectivity index (χ4n) is 6.99. The van der Waals surface area contributed by atoms with Crippen LogP contribution in [0.5, 0.6) is 0 Å². The van der Waals surface area contributed by atoms with Crippen molar-refractivity contribution in [2.24, 2.45) is 0 Å². The van der Waals surface area contributed by atoms with Gasteiger partial charge < -0.3 is 16.0 Å². The third-order valence-electron chi connectivity index (χ3n) is 9.70. The minimum atomic E-state index is -0.945. The number of carbonyl (C=O) groups is 1. The lowest BCUT2D eigenvalue weighted by Gasteiger charge is -2.41. The van der Waals surface area contributed by atoms with Gasteiger partial charge in [-0.1, -0.05) is 36.4 Å². The van der Waals surface area contributed by atoms with Crippen LogP contribution in [0.3, 0.4) is 0 Å². The molecule has 49 heavy (non-hydrogen) atoms. The molecule has 5 aromatic rings. The summed E-state index contributed by atoms with van der Waals surface area (Å²) >= 11 is 0. The Bertz CT molecular complexity index is 1950. The van der Waals surface area contributed by atoms with Crippen molar-refractivity contribution in [1.29, 1.82) is 0 Å². The lowest BCUT2D eigenvalue weighted by Crippen LogP contribution is -2.49. The van der Waals surface area contributed by atoms with Crippen molar-refractivity contribution < 1.29 is 18.0 Å². The number of halogens is 3. The Kier molecular flexibility index (Phi) is 9.19. The molecule has 1 aliphatic carbocycles. The molecule has 1 saturated heterocycles. The fraction of sp³-hybridized carbons (Fsp3) is 0.333. The predicted molar refractivity (Wildman–Crippen MR) is 183 cm³/mol. The summed E-state index contributed by atoms with van der Waals surface area (Å²) in [6, 6.07) is 16.2. The van der Waals surface area contributed by atoms with E-state index in [9.17, 15) is 13.6 Å². The maximum Gasteiger partial charge on any atom is 0.326 e. The quantitative estimate of drug-likeness (QED) is 0.205. The van der Waals surface area contributed by atoms with Crippen LogP contribution in [0.15, 0.2) is 73.1 Å². The van der Waals surface area contributed by atoms with Crippen LogP contribution < -0.4 is 16.0 Å². The van der Waals surface area contributed by atoms with Gasteiger partial charge in [-0.3, -0.25) is 9.80 Å². The number of carbonyl (C=O) groups excluding carboxylic acids is 1. The van der Waals surface area contributed by atoms with E-state index in [0.717, 1.165) is 69.6 Å². The summed E-state index contributed by atoms with van der Waals surface area (Å²) in [5, 5.41) is 7.96. The largest absolute Gasteiger partial charge is 0.383 e. The number of nitrogens with zero attached hydrogens (tertiary/aromatic N) is 7. The number of nitrogens with two attached hydrogens (primary N) is 1. The summed E-state index contributed by atoms with van der Waals surface area (Å²) < 4.78 is 46.1. The lowest BCUT2D eigenvalue weighted by atomic mass is 9.90. The van der Waals surface area contributed by atoms with Gasteiger partial charge in [0.2, 0.25) is 0 Å². The number of amides is 2. The Morgan fingerprint density at radius 2 is 1.63 bits per heavy atom. The number of rotatable bonds is 7. The van der Waals surface area contributed by atoms with E-state index in [0.29, 0.717) is 34.4 Å². The standard InChI is InChI=1S/C36H38F3N9O/c1-45-15-17-46(18-16-45)26-9-11-27(12-10-26)48-35-32(34(40)41-22-42-35)33(44-48)24-7-14-31(29(39)19-24)47(21-23-5-3-2-4-6-23)36(49)43-30-13-8-25(37)20-28(30)38/h2-8,13-14,19-20,22,26-27H,9-12,15-18,21H2,1H3,(H,43,49)(H2,40,41,42)/t26-,27+. The number of hydrogen-bond acceptors (Lipinski definition) is 7. The smallest absolute Gasteiger partial charge is 0.326 e. The summed E-state index contributed by atoms with van der Waals surface area (Å²) in [4.78, 5) is 28.4. The number of anilines is 3. The van der Waals surface area contributed by atoms with Gasteiger partial charge in [0.15, 0.2) is 5.65 Å². The molecule has 1 saturated carbocycles. The number of urea groups is 1. The highest BCUT2D eigenvalue weighted by atomic mass is 19.1. The first-order valence-corrected chi connectivity index (χ1v) is 16.5. The van der Waals surface area contributed by atoms with E-state index in [1.54, 1.807) is 30.3 Å². The van der Waals surface area contributed by atoms with Crippen molar-refractivity contribution in [1.82, 2.24) is 29.5 Å². The fourth-order valence-corrected chi connectivity index (χ4v) is 6.99. The number of nitrogens with one attached hydrogen (secondary N) is 1. The second kappa shape index (κ2) is 13.8. The zero-order valence-electron chi connectivity index (χ0n) is 27.2. The van der Waals surface area contributed by atoms with E-state index in [1.165, 1.54) is 23.4 Å². The Hall–Kier alpha value is -5.01. The molecule has 2 aliphatic rings. The minimum Gasteiger partial charge on any atom is -0.383 e. The van der Waals surface area contributed by atoms with E-state index >= 15 is 4.39 Å². The van der Waals surface area contributed by atoms with E-state index in [-0.39, 0.29) is 29.8 Å². The Labute approximate surface area is 282 Å².